The maximum absolute atomic E-state index is 13.6. The highest BCUT2D eigenvalue weighted by Gasteiger charge is 2.24. The zero-order valence-corrected chi connectivity index (χ0v) is 22.0. The summed E-state index contributed by atoms with van der Waals surface area (Å²) in [5, 5.41) is 3.20. The first-order valence-electron chi connectivity index (χ1n) is 11.9. The molecule has 0 unspecified atom stereocenters. The molecule has 0 saturated heterocycles. The predicted molar refractivity (Wildman–Crippen MR) is 143 cm³/mol. The summed E-state index contributed by atoms with van der Waals surface area (Å²) in [6.07, 6.45) is 2.06. The normalized spacial score (nSPS) is 11.8. The predicted octanol–water partition coefficient (Wildman–Crippen LogP) is 4.96. The summed E-state index contributed by atoms with van der Waals surface area (Å²) in [5.74, 6) is 1.86. The number of hydrogen-bond donors (Lipinski definition) is 1. The van der Waals surface area contributed by atoms with Crippen molar-refractivity contribution in [3.63, 3.8) is 0 Å². The van der Waals surface area contributed by atoms with Crippen LogP contribution in [0.25, 0.3) is 10.9 Å². The third-order valence-electron chi connectivity index (χ3n) is 5.67. The zero-order chi connectivity index (χ0) is 26.4. The van der Waals surface area contributed by atoms with Crippen molar-refractivity contribution in [1.82, 2.24) is 9.55 Å². The number of anilines is 1. The summed E-state index contributed by atoms with van der Waals surface area (Å²) < 4.78 is 23.4. The highest BCUT2D eigenvalue weighted by atomic mass is 32.2. The molecule has 0 aliphatic carbocycles. The summed E-state index contributed by atoms with van der Waals surface area (Å²) in [4.78, 5) is 31.7. The number of amides is 1. The standard InChI is InChI=1S/C27H29N3O6S/c1-5-24(25(31)28-19-11-7-8-12-21(19)35-6-2)37-27-29-20-15-23(34-4)22(33-3)14-18(20)26(32)30(27)16-17-10-9-13-36-17/h7-15,24H,5-6,16H2,1-4H3,(H,28,31)/t24-/m1/s1. The Morgan fingerprint density at radius 2 is 1.84 bits per heavy atom. The van der Waals surface area contributed by atoms with Gasteiger partial charge in [-0.25, -0.2) is 4.98 Å². The number of aromatic nitrogens is 2. The molecule has 0 fully saturated rings. The summed E-state index contributed by atoms with van der Waals surface area (Å²) >= 11 is 1.22. The number of methoxy groups -OCH3 is 2. The van der Waals surface area contributed by atoms with Crippen LogP contribution in [-0.4, -0.2) is 41.5 Å². The van der Waals surface area contributed by atoms with E-state index in [4.69, 9.17) is 23.6 Å². The van der Waals surface area contributed by atoms with Crippen molar-refractivity contribution >= 4 is 34.3 Å². The molecule has 2 aromatic carbocycles. The number of nitrogens with zero attached hydrogens (tertiary/aromatic N) is 2. The molecule has 2 aromatic heterocycles. The average molecular weight is 524 g/mol. The number of para-hydroxylation sites is 2. The number of carbonyl (C=O) groups is 1. The number of rotatable bonds is 11. The highest BCUT2D eigenvalue weighted by Crippen LogP contribution is 2.33. The molecule has 0 radical (unpaired) electrons. The van der Waals surface area contributed by atoms with Gasteiger partial charge in [0.25, 0.3) is 5.56 Å². The molecule has 9 nitrogen and oxygen atoms in total. The smallest absolute Gasteiger partial charge is 0.262 e. The first kappa shape index (κ1) is 26.2. The van der Waals surface area contributed by atoms with E-state index in [0.29, 0.717) is 57.8 Å². The fourth-order valence-corrected chi connectivity index (χ4v) is 4.84. The molecule has 2 heterocycles. The minimum Gasteiger partial charge on any atom is -0.493 e. The number of nitrogens with one attached hydrogen (secondary N) is 1. The summed E-state index contributed by atoms with van der Waals surface area (Å²) in [7, 11) is 3.03. The molecule has 0 bridgehead atoms. The Morgan fingerprint density at radius 1 is 1.08 bits per heavy atom. The molecule has 0 spiro atoms. The third-order valence-corrected chi connectivity index (χ3v) is 7.03. The Kier molecular flexibility index (Phi) is 8.39. The van der Waals surface area contributed by atoms with Gasteiger partial charge in [-0.2, -0.15) is 0 Å². The lowest BCUT2D eigenvalue weighted by Crippen LogP contribution is -2.28. The molecule has 37 heavy (non-hydrogen) atoms. The van der Waals surface area contributed by atoms with Gasteiger partial charge in [0, 0.05) is 6.07 Å². The van der Waals surface area contributed by atoms with E-state index in [1.165, 1.54) is 30.5 Å². The Balaban J connectivity index is 1.74. The molecule has 10 heteroatoms. The first-order valence-corrected chi connectivity index (χ1v) is 12.7. The number of furan rings is 1. The average Bonchev–Trinajstić information content (AvgIpc) is 3.43. The van der Waals surface area contributed by atoms with Crippen LogP contribution in [0, 0.1) is 0 Å². The molecule has 1 atom stereocenters. The van der Waals surface area contributed by atoms with Gasteiger partial charge < -0.3 is 23.9 Å². The summed E-state index contributed by atoms with van der Waals surface area (Å²) in [5.41, 5.74) is 0.754. The second-order valence-electron chi connectivity index (χ2n) is 8.02. The number of benzene rings is 2. The van der Waals surface area contributed by atoms with E-state index >= 15 is 0 Å². The van der Waals surface area contributed by atoms with Crippen LogP contribution in [-0.2, 0) is 11.3 Å². The quantitative estimate of drug-likeness (QED) is 0.217. The minimum absolute atomic E-state index is 0.163. The molecule has 0 aliphatic rings. The van der Waals surface area contributed by atoms with Crippen LogP contribution in [0.5, 0.6) is 17.2 Å². The lowest BCUT2D eigenvalue weighted by atomic mass is 10.2. The summed E-state index contributed by atoms with van der Waals surface area (Å²) in [6.45, 7) is 4.44. The number of hydrogen-bond acceptors (Lipinski definition) is 8. The summed E-state index contributed by atoms with van der Waals surface area (Å²) in [6, 6.07) is 14.1. The van der Waals surface area contributed by atoms with Gasteiger partial charge in [-0.3, -0.25) is 14.2 Å². The maximum atomic E-state index is 13.6. The number of ether oxygens (including phenoxy) is 3. The molecule has 1 N–H and O–H groups in total. The topological polar surface area (TPSA) is 105 Å². The van der Waals surface area contributed by atoms with Crippen molar-refractivity contribution < 1.29 is 23.4 Å². The SMILES string of the molecule is CCOc1ccccc1NC(=O)[C@@H](CC)Sc1nc2cc(OC)c(OC)cc2c(=O)n1Cc1ccco1. The Morgan fingerprint density at radius 3 is 2.51 bits per heavy atom. The van der Waals surface area contributed by atoms with Gasteiger partial charge in [-0.1, -0.05) is 30.8 Å². The Labute approximate surface area is 218 Å². The van der Waals surface area contributed by atoms with Gasteiger partial charge in [0.2, 0.25) is 5.91 Å². The van der Waals surface area contributed by atoms with Gasteiger partial charge in [0.15, 0.2) is 16.7 Å². The van der Waals surface area contributed by atoms with Crippen LogP contribution in [0.15, 0.2) is 69.2 Å². The monoisotopic (exact) mass is 523 g/mol. The number of carbonyl (C=O) groups excluding carboxylic acids is 1. The van der Waals surface area contributed by atoms with E-state index in [0.717, 1.165) is 0 Å². The van der Waals surface area contributed by atoms with E-state index in [2.05, 4.69) is 5.32 Å². The van der Waals surface area contributed by atoms with Crippen molar-refractivity contribution in [1.29, 1.82) is 0 Å². The van der Waals surface area contributed by atoms with Gasteiger partial charge in [-0.05, 0) is 43.7 Å². The third kappa shape index (κ3) is 5.75. The second kappa shape index (κ2) is 11.9. The fraction of sp³-hybridized carbons (Fsp3) is 0.296. The van der Waals surface area contributed by atoms with Gasteiger partial charge in [0.1, 0.15) is 11.5 Å². The van der Waals surface area contributed by atoms with Gasteiger partial charge in [0.05, 0.1) is 55.5 Å². The molecule has 0 aliphatic heterocycles. The maximum Gasteiger partial charge on any atom is 0.262 e. The van der Waals surface area contributed by atoms with Crippen molar-refractivity contribution in [2.45, 2.75) is 37.2 Å². The number of thioether (sulfide) groups is 1. The molecule has 0 saturated carbocycles. The van der Waals surface area contributed by atoms with Crippen LogP contribution in [0.1, 0.15) is 26.0 Å². The van der Waals surface area contributed by atoms with Crippen molar-refractivity contribution in [2.75, 3.05) is 26.1 Å². The van der Waals surface area contributed by atoms with Crippen LogP contribution in [0.4, 0.5) is 5.69 Å². The second-order valence-corrected chi connectivity index (χ2v) is 9.19. The molecule has 194 valence electrons. The van der Waals surface area contributed by atoms with E-state index in [1.54, 1.807) is 42.7 Å². The molecular weight excluding hydrogens is 494 g/mol. The molecule has 4 aromatic rings. The lowest BCUT2D eigenvalue weighted by molar-refractivity contribution is -0.115. The fourth-order valence-electron chi connectivity index (χ4n) is 3.83. The van der Waals surface area contributed by atoms with Crippen molar-refractivity contribution in [3.05, 3.63) is 70.9 Å². The van der Waals surface area contributed by atoms with Gasteiger partial charge >= 0.3 is 0 Å². The van der Waals surface area contributed by atoms with Gasteiger partial charge in [-0.15, -0.1) is 0 Å². The molecular formula is C27H29N3O6S. The molecule has 1 amide bonds. The number of fused-ring (bicyclic) bond motifs is 1. The Bertz CT molecular complexity index is 1430. The van der Waals surface area contributed by atoms with Crippen molar-refractivity contribution in [3.8, 4) is 17.2 Å². The minimum atomic E-state index is -0.526. The first-order chi connectivity index (χ1) is 18.0. The van der Waals surface area contributed by atoms with Crippen molar-refractivity contribution in [2.24, 2.45) is 0 Å². The van der Waals surface area contributed by atoms with Crippen LogP contribution in [0.3, 0.4) is 0 Å². The Hall–Kier alpha value is -3.92. The highest BCUT2D eigenvalue weighted by molar-refractivity contribution is 8.00. The zero-order valence-electron chi connectivity index (χ0n) is 21.1. The van der Waals surface area contributed by atoms with E-state index < -0.39 is 5.25 Å². The van der Waals surface area contributed by atoms with Crippen LogP contribution < -0.4 is 25.1 Å². The van der Waals surface area contributed by atoms with E-state index in [-0.39, 0.29) is 18.0 Å². The van der Waals surface area contributed by atoms with Crippen LogP contribution >= 0.6 is 11.8 Å². The van der Waals surface area contributed by atoms with E-state index in [9.17, 15) is 9.59 Å². The largest absolute Gasteiger partial charge is 0.493 e. The van der Waals surface area contributed by atoms with E-state index in [1.807, 2.05) is 26.0 Å². The molecule has 4 rings (SSSR count). The van der Waals surface area contributed by atoms with Crippen LogP contribution in [0.2, 0.25) is 0 Å². The lowest BCUT2D eigenvalue weighted by Gasteiger charge is -2.19.